The Labute approximate surface area is 83.7 Å². The molecule has 6 nitrogen and oxygen atoms in total. The standard InChI is InChI=1S/C7H16N2O4S/c1-14(12,13)9-6-5-8-4-2-3-7(10)11/h8-9H,2-6H2,1H3,(H,10,11). The fourth-order valence-corrected chi connectivity index (χ4v) is 1.29. The predicted molar refractivity (Wildman–Crippen MR) is 52.6 cm³/mol. The van der Waals surface area contributed by atoms with Crippen molar-refractivity contribution in [3.8, 4) is 0 Å². The van der Waals surface area contributed by atoms with Crippen LogP contribution in [-0.4, -0.2) is 45.4 Å². The number of rotatable bonds is 8. The van der Waals surface area contributed by atoms with Crippen molar-refractivity contribution in [2.45, 2.75) is 12.8 Å². The number of nitrogens with one attached hydrogen (secondary N) is 2. The summed E-state index contributed by atoms with van der Waals surface area (Å²) in [6.07, 6.45) is 1.78. The molecule has 0 aromatic heterocycles. The van der Waals surface area contributed by atoms with Crippen LogP contribution in [0.25, 0.3) is 0 Å². The highest BCUT2D eigenvalue weighted by Gasteiger charge is 1.98. The Morgan fingerprint density at radius 1 is 1.29 bits per heavy atom. The third-order valence-electron chi connectivity index (χ3n) is 1.41. The molecule has 0 unspecified atom stereocenters. The van der Waals surface area contributed by atoms with Gasteiger partial charge in [0.05, 0.1) is 6.26 Å². The van der Waals surface area contributed by atoms with Gasteiger partial charge in [-0.3, -0.25) is 4.79 Å². The van der Waals surface area contributed by atoms with E-state index in [1.165, 1.54) is 0 Å². The van der Waals surface area contributed by atoms with Gasteiger partial charge in [0.25, 0.3) is 0 Å². The van der Waals surface area contributed by atoms with Crippen LogP contribution in [0, 0.1) is 0 Å². The van der Waals surface area contributed by atoms with E-state index in [4.69, 9.17) is 5.11 Å². The highest BCUT2D eigenvalue weighted by Crippen LogP contribution is 1.85. The second kappa shape index (κ2) is 6.74. The zero-order valence-electron chi connectivity index (χ0n) is 8.12. The number of carbonyl (C=O) groups is 1. The van der Waals surface area contributed by atoms with E-state index in [9.17, 15) is 13.2 Å². The number of hydrogen-bond acceptors (Lipinski definition) is 4. The van der Waals surface area contributed by atoms with Gasteiger partial charge in [0, 0.05) is 19.5 Å². The molecule has 0 spiro atoms. The third-order valence-corrected chi connectivity index (χ3v) is 2.14. The van der Waals surface area contributed by atoms with Gasteiger partial charge >= 0.3 is 5.97 Å². The molecule has 0 radical (unpaired) electrons. The van der Waals surface area contributed by atoms with Crippen LogP contribution in [0.1, 0.15) is 12.8 Å². The van der Waals surface area contributed by atoms with Crippen LogP contribution in [0.15, 0.2) is 0 Å². The minimum Gasteiger partial charge on any atom is -0.481 e. The first kappa shape index (κ1) is 13.3. The Kier molecular flexibility index (Phi) is 6.43. The summed E-state index contributed by atoms with van der Waals surface area (Å²) in [4.78, 5) is 10.1. The van der Waals surface area contributed by atoms with E-state index in [1.807, 2.05) is 0 Å². The maximum Gasteiger partial charge on any atom is 0.303 e. The van der Waals surface area contributed by atoms with Gasteiger partial charge in [-0.1, -0.05) is 0 Å². The van der Waals surface area contributed by atoms with Gasteiger partial charge in [-0.15, -0.1) is 0 Å². The topological polar surface area (TPSA) is 95.5 Å². The van der Waals surface area contributed by atoms with Gasteiger partial charge in [0.2, 0.25) is 10.0 Å². The molecular formula is C7H16N2O4S. The van der Waals surface area contributed by atoms with Crippen LogP contribution in [0.5, 0.6) is 0 Å². The normalized spacial score (nSPS) is 11.5. The molecule has 0 aliphatic heterocycles. The summed E-state index contributed by atoms with van der Waals surface area (Å²) in [6.45, 7) is 1.41. The van der Waals surface area contributed by atoms with Gasteiger partial charge in [-0.2, -0.15) is 0 Å². The Bertz CT molecular complexity index is 263. The molecule has 0 aromatic rings. The Balaban J connectivity index is 3.19. The number of carboxylic acid groups (broad SMARTS) is 1. The molecule has 0 bridgehead atoms. The molecule has 0 amide bonds. The van der Waals surface area contributed by atoms with E-state index < -0.39 is 16.0 Å². The monoisotopic (exact) mass is 224 g/mol. The third kappa shape index (κ3) is 11.3. The highest BCUT2D eigenvalue weighted by atomic mass is 32.2. The number of sulfonamides is 1. The zero-order valence-corrected chi connectivity index (χ0v) is 8.93. The molecular weight excluding hydrogens is 208 g/mol. The van der Waals surface area contributed by atoms with E-state index in [0.717, 1.165) is 6.26 Å². The molecule has 0 aromatic carbocycles. The minimum atomic E-state index is -3.11. The van der Waals surface area contributed by atoms with Crippen LogP contribution in [0.4, 0.5) is 0 Å². The molecule has 0 saturated heterocycles. The highest BCUT2D eigenvalue weighted by molar-refractivity contribution is 7.88. The first-order valence-electron chi connectivity index (χ1n) is 4.29. The van der Waals surface area contributed by atoms with E-state index in [0.29, 0.717) is 26.1 Å². The van der Waals surface area contributed by atoms with Crippen LogP contribution in [0.2, 0.25) is 0 Å². The summed E-state index contributed by atoms with van der Waals surface area (Å²) in [7, 11) is -3.11. The molecule has 84 valence electrons. The van der Waals surface area contributed by atoms with Crippen molar-refractivity contribution in [1.29, 1.82) is 0 Å². The van der Waals surface area contributed by atoms with Crippen molar-refractivity contribution in [2.24, 2.45) is 0 Å². The summed E-state index contributed by atoms with van der Waals surface area (Å²) in [5, 5.41) is 11.2. The summed E-state index contributed by atoms with van der Waals surface area (Å²) < 4.78 is 23.5. The Hall–Kier alpha value is -0.660. The summed E-state index contributed by atoms with van der Waals surface area (Å²) >= 11 is 0. The van der Waals surface area contributed by atoms with Crippen molar-refractivity contribution >= 4 is 16.0 Å². The van der Waals surface area contributed by atoms with Crippen LogP contribution >= 0.6 is 0 Å². The number of carboxylic acids is 1. The van der Waals surface area contributed by atoms with E-state index in [1.54, 1.807) is 0 Å². The van der Waals surface area contributed by atoms with E-state index in [2.05, 4.69) is 10.0 Å². The smallest absolute Gasteiger partial charge is 0.303 e. The maximum atomic E-state index is 10.6. The van der Waals surface area contributed by atoms with E-state index >= 15 is 0 Å². The molecule has 7 heteroatoms. The predicted octanol–water partition coefficient (Wildman–Crippen LogP) is -1.01. The quantitative estimate of drug-likeness (QED) is 0.459. The average molecular weight is 224 g/mol. The molecule has 0 heterocycles. The lowest BCUT2D eigenvalue weighted by Crippen LogP contribution is -2.31. The minimum absolute atomic E-state index is 0.131. The van der Waals surface area contributed by atoms with Crippen molar-refractivity contribution in [1.82, 2.24) is 10.0 Å². The first-order chi connectivity index (χ1) is 6.42. The lowest BCUT2D eigenvalue weighted by Gasteiger charge is -2.03. The van der Waals surface area contributed by atoms with Crippen molar-refractivity contribution in [2.75, 3.05) is 25.9 Å². The molecule has 0 aliphatic carbocycles. The fourth-order valence-electron chi connectivity index (χ4n) is 0.814. The van der Waals surface area contributed by atoms with Gasteiger partial charge in [0.1, 0.15) is 0 Å². The van der Waals surface area contributed by atoms with Crippen molar-refractivity contribution in [3.05, 3.63) is 0 Å². The summed E-state index contributed by atoms with van der Waals surface area (Å²) in [6, 6.07) is 0. The lowest BCUT2D eigenvalue weighted by molar-refractivity contribution is -0.137. The largest absolute Gasteiger partial charge is 0.481 e. The number of hydrogen-bond donors (Lipinski definition) is 3. The zero-order chi connectivity index (χ0) is 11.0. The van der Waals surface area contributed by atoms with Crippen LogP contribution in [0.3, 0.4) is 0 Å². The summed E-state index contributed by atoms with van der Waals surface area (Å²) in [5.74, 6) is -0.818. The molecule has 0 atom stereocenters. The first-order valence-corrected chi connectivity index (χ1v) is 6.18. The second-order valence-corrected chi connectivity index (χ2v) is 4.75. The van der Waals surface area contributed by atoms with Gasteiger partial charge in [0.15, 0.2) is 0 Å². The Morgan fingerprint density at radius 3 is 2.43 bits per heavy atom. The molecule has 0 rings (SSSR count). The SMILES string of the molecule is CS(=O)(=O)NCCNCCCC(=O)O. The second-order valence-electron chi connectivity index (χ2n) is 2.91. The summed E-state index contributed by atoms with van der Waals surface area (Å²) in [5.41, 5.74) is 0. The van der Waals surface area contributed by atoms with Crippen molar-refractivity contribution < 1.29 is 18.3 Å². The van der Waals surface area contributed by atoms with Gasteiger partial charge in [-0.05, 0) is 13.0 Å². The van der Waals surface area contributed by atoms with Gasteiger partial charge in [-0.25, -0.2) is 13.1 Å². The fraction of sp³-hybridized carbons (Fsp3) is 0.857. The van der Waals surface area contributed by atoms with Crippen LogP contribution in [-0.2, 0) is 14.8 Å². The molecule has 0 saturated carbocycles. The molecule has 0 aliphatic rings. The molecule has 14 heavy (non-hydrogen) atoms. The lowest BCUT2D eigenvalue weighted by atomic mass is 10.3. The maximum absolute atomic E-state index is 10.6. The van der Waals surface area contributed by atoms with E-state index in [-0.39, 0.29) is 6.42 Å². The van der Waals surface area contributed by atoms with Gasteiger partial charge < -0.3 is 10.4 Å². The number of aliphatic carboxylic acids is 1. The Morgan fingerprint density at radius 2 is 1.93 bits per heavy atom. The molecule has 0 fully saturated rings. The average Bonchev–Trinajstić information content (AvgIpc) is 2.00. The van der Waals surface area contributed by atoms with Crippen LogP contribution < -0.4 is 10.0 Å². The van der Waals surface area contributed by atoms with Crippen molar-refractivity contribution in [3.63, 3.8) is 0 Å². The molecule has 3 N–H and O–H groups in total.